The van der Waals surface area contributed by atoms with Gasteiger partial charge < -0.3 is 15.0 Å². The number of terminal acetylenes is 1. The highest BCUT2D eigenvalue weighted by Crippen LogP contribution is 2.16. The maximum Gasteiger partial charge on any atom is 0.317 e. The lowest BCUT2D eigenvalue weighted by atomic mass is 10.0. The normalized spacial score (nSPS) is 17.9. The first-order valence-electron chi connectivity index (χ1n) is 8.37. The summed E-state index contributed by atoms with van der Waals surface area (Å²) in [4.78, 5) is 14.1. The summed E-state index contributed by atoms with van der Waals surface area (Å²) >= 11 is 0. The molecule has 1 aliphatic heterocycles. The zero-order chi connectivity index (χ0) is 16.5. The molecule has 1 saturated heterocycles. The van der Waals surface area contributed by atoms with Crippen molar-refractivity contribution in [2.75, 3.05) is 26.2 Å². The number of ether oxygens (including phenoxy) is 1. The zero-order valence-electron chi connectivity index (χ0n) is 13.9. The van der Waals surface area contributed by atoms with Gasteiger partial charge in [0.2, 0.25) is 0 Å². The fourth-order valence-electron chi connectivity index (χ4n) is 2.77. The van der Waals surface area contributed by atoms with Gasteiger partial charge in [-0.25, -0.2) is 4.79 Å². The van der Waals surface area contributed by atoms with Gasteiger partial charge in [-0.3, -0.25) is 0 Å². The smallest absolute Gasteiger partial charge is 0.317 e. The van der Waals surface area contributed by atoms with E-state index in [9.17, 15) is 4.79 Å². The molecule has 0 aliphatic carbocycles. The molecule has 0 saturated carbocycles. The number of likely N-dealkylation sites (tertiary alicyclic amines) is 1. The number of nitrogens with zero attached hydrogens (tertiary/aromatic N) is 1. The lowest BCUT2D eigenvalue weighted by Crippen LogP contribution is -2.41. The third kappa shape index (κ3) is 5.86. The van der Waals surface area contributed by atoms with Crippen LogP contribution in [0, 0.1) is 18.3 Å². The molecule has 2 amide bonds. The molecule has 1 N–H and O–H groups in total. The van der Waals surface area contributed by atoms with Crippen LogP contribution < -0.4 is 10.1 Å². The van der Waals surface area contributed by atoms with Crippen molar-refractivity contribution in [1.82, 2.24) is 10.2 Å². The minimum absolute atomic E-state index is 0.0630. The Hall–Kier alpha value is -2.15. The topological polar surface area (TPSA) is 41.6 Å². The van der Waals surface area contributed by atoms with Gasteiger partial charge in [0, 0.05) is 19.6 Å². The molecule has 1 fully saturated rings. The average Bonchev–Trinajstić information content (AvgIpc) is 2.78. The number of benzene rings is 1. The SMILES string of the molecule is C#CCOc1ccc(CCNC(=O)N2CCCC(C)CC2)cc1. The Morgan fingerprint density at radius 1 is 1.35 bits per heavy atom. The average molecular weight is 314 g/mol. The van der Waals surface area contributed by atoms with E-state index < -0.39 is 0 Å². The van der Waals surface area contributed by atoms with E-state index >= 15 is 0 Å². The van der Waals surface area contributed by atoms with Crippen LogP contribution in [0.5, 0.6) is 5.75 Å². The van der Waals surface area contributed by atoms with E-state index in [1.807, 2.05) is 29.2 Å². The third-order valence-electron chi connectivity index (χ3n) is 4.24. The van der Waals surface area contributed by atoms with Crippen molar-refractivity contribution in [2.45, 2.75) is 32.6 Å². The first-order valence-corrected chi connectivity index (χ1v) is 8.37. The fourth-order valence-corrected chi connectivity index (χ4v) is 2.77. The van der Waals surface area contributed by atoms with Crippen molar-refractivity contribution >= 4 is 6.03 Å². The summed E-state index contributed by atoms with van der Waals surface area (Å²) in [5, 5.41) is 3.02. The Bertz CT molecular complexity index is 533. The Morgan fingerprint density at radius 3 is 2.87 bits per heavy atom. The third-order valence-corrected chi connectivity index (χ3v) is 4.24. The summed E-state index contributed by atoms with van der Waals surface area (Å²) in [5.74, 6) is 3.94. The quantitative estimate of drug-likeness (QED) is 0.849. The minimum atomic E-state index is 0.0630. The van der Waals surface area contributed by atoms with E-state index in [-0.39, 0.29) is 12.6 Å². The Labute approximate surface area is 139 Å². The first kappa shape index (κ1) is 17.2. The molecule has 2 rings (SSSR count). The van der Waals surface area contributed by atoms with Crippen LogP contribution in [0.4, 0.5) is 4.79 Å². The van der Waals surface area contributed by atoms with Crippen LogP contribution in [0.2, 0.25) is 0 Å². The predicted molar refractivity (Wildman–Crippen MR) is 92.5 cm³/mol. The van der Waals surface area contributed by atoms with Crippen molar-refractivity contribution in [1.29, 1.82) is 0 Å². The predicted octanol–water partition coefficient (Wildman–Crippen LogP) is 3.07. The maximum atomic E-state index is 12.2. The number of hydrogen-bond donors (Lipinski definition) is 1. The molecule has 1 aromatic rings. The Balaban J connectivity index is 1.71. The molecule has 1 aliphatic rings. The van der Waals surface area contributed by atoms with E-state index in [1.165, 1.54) is 12.0 Å². The van der Waals surface area contributed by atoms with Gasteiger partial charge in [-0.1, -0.05) is 25.0 Å². The Morgan fingerprint density at radius 2 is 2.13 bits per heavy atom. The van der Waals surface area contributed by atoms with E-state index in [0.29, 0.717) is 6.54 Å². The highest BCUT2D eigenvalue weighted by atomic mass is 16.5. The molecule has 0 bridgehead atoms. The highest BCUT2D eigenvalue weighted by molar-refractivity contribution is 5.74. The lowest BCUT2D eigenvalue weighted by molar-refractivity contribution is 0.199. The second-order valence-corrected chi connectivity index (χ2v) is 6.14. The summed E-state index contributed by atoms with van der Waals surface area (Å²) in [7, 11) is 0. The molecule has 1 unspecified atom stereocenters. The summed E-state index contributed by atoms with van der Waals surface area (Å²) in [6.45, 7) is 4.93. The van der Waals surface area contributed by atoms with Gasteiger partial charge in [-0.05, 0) is 49.3 Å². The number of rotatable bonds is 5. The second kappa shape index (κ2) is 9.09. The zero-order valence-corrected chi connectivity index (χ0v) is 13.9. The van der Waals surface area contributed by atoms with Crippen LogP contribution in [0.3, 0.4) is 0 Å². The number of nitrogens with one attached hydrogen (secondary N) is 1. The second-order valence-electron chi connectivity index (χ2n) is 6.14. The van der Waals surface area contributed by atoms with E-state index in [4.69, 9.17) is 11.2 Å². The van der Waals surface area contributed by atoms with Crippen molar-refractivity contribution in [3.8, 4) is 18.1 Å². The van der Waals surface area contributed by atoms with Crippen molar-refractivity contribution in [3.05, 3.63) is 29.8 Å². The van der Waals surface area contributed by atoms with Crippen molar-refractivity contribution in [2.24, 2.45) is 5.92 Å². The lowest BCUT2D eigenvalue weighted by Gasteiger charge is -2.21. The van der Waals surface area contributed by atoms with Crippen LogP contribution in [0.1, 0.15) is 31.7 Å². The molecule has 124 valence electrons. The van der Waals surface area contributed by atoms with Gasteiger partial charge in [0.05, 0.1) is 0 Å². The maximum absolute atomic E-state index is 12.2. The monoisotopic (exact) mass is 314 g/mol. The molecular formula is C19H26N2O2. The summed E-state index contributed by atoms with van der Waals surface area (Å²) in [5.41, 5.74) is 1.17. The largest absolute Gasteiger partial charge is 0.481 e. The number of amides is 2. The standard InChI is InChI=1S/C19H26N2O2/c1-3-15-23-18-8-6-17(7-9-18)10-12-20-19(22)21-13-4-5-16(2)11-14-21/h1,6-9,16H,4-5,10-15H2,2H3,(H,20,22). The highest BCUT2D eigenvalue weighted by Gasteiger charge is 2.17. The molecule has 1 aromatic carbocycles. The molecule has 23 heavy (non-hydrogen) atoms. The van der Waals surface area contributed by atoms with Crippen LogP contribution in [-0.4, -0.2) is 37.2 Å². The van der Waals surface area contributed by atoms with Gasteiger partial charge in [0.25, 0.3) is 0 Å². The van der Waals surface area contributed by atoms with Crippen LogP contribution in [0.15, 0.2) is 24.3 Å². The molecule has 0 aromatic heterocycles. The van der Waals surface area contributed by atoms with E-state index in [1.54, 1.807) is 0 Å². The van der Waals surface area contributed by atoms with Gasteiger partial charge in [0.15, 0.2) is 0 Å². The molecule has 0 radical (unpaired) electrons. The van der Waals surface area contributed by atoms with Crippen molar-refractivity contribution < 1.29 is 9.53 Å². The summed E-state index contributed by atoms with van der Waals surface area (Å²) < 4.78 is 5.34. The number of hydrogen-bond acceptors (Lipinski definition) is 2. The molecule has 4 nitrogen and oxygen atoms in total. The van der Waals surface area contributed by atoms with Gasteiger partial charge in [0.1, 0.15) is 12.4 Å². The van der Waals surface area contributed by atoms with E-state index in [2.05, 4.69) is 18.2 Å². The molecular weight excluding hydrogens is 288 g/mol. The van der Waals surface area contributed by atoms with Gasteiger partial charge in [-0.15, -0.1) is 6.42 Å². The first-order chi connectivity index (χ1) is 11.2. The summed E-state index contributed by atoms with van der Waals surface area (Å²) in [6, 6.07) is 7.89. The minimum Gasteiger partial charge on any atom is -0.481 e. The van der Waals surface area contributed by atoms with Crippen LogP contribution >= 0.6 is 0 Å². The summed E-state index contributed by atoms with van der Waals surface area (Å²) in [6.07, 6.45) is 9.40. The van der Waals surface area contributed by atoms with Crippen LogP contribution in [-0.2, 0) is 6.42 Å². The molecule has 1 atom stereocenters. The number of carbonyl (C=O) groups is 1. The molecule has 4 heteroatoms. The van der Waals surface area contributed by atoms with Crippen molar-refractivity contribution in [3.63, 3.8) is 0 Å². The van der Waals surface area contributed by atoms with E-state index in [0.717, 1.165) is 44.0 Å². The number of carbonyl (C=O) groups excluding carboxylic acids is 1. The number of urea groups is 1. The fraction of sp³-hybridized carbons (Fsp3) is 0.526. The molecule has 1 heterocycles. The Kier molecular flexibility index (Phi) is 6.80. The van der Waals surface area contributed by atoms with Gasteiger partial charge in [-0.2, -0.15) is 0 Å². The van der Waals surface area contributed by atoms with Crippen LogP contribution in [0.25, 0.3) is 0 Å². The van der Waals surface area contributed by atoms with Gasteiger partial charge >= 0.3 is 6.03 Å². The molecule has 0 spiro atoms.